The number of hydrogen-bond donors (Lipinski definition) is 3. The van der Waals surface area contributed by atoms with Crippen molar-refractivity contribution in [3.63, 3.8) is 0 Å². The number of H-pyrrole nitrogens is 1. The first-order valence-electron chi connectivity index (χ1n) is 10.1. The number of nitrogens with one attached hydrogen (secondary N) is 1. The lowest BCUT2D eigenvalue weighted by Gasteiger charge is -2.17. The standard InChI is InChI=1S/C22H19F2NO5S/c23-22(24)30-20-17(16-7-11-14(26)2-1-3-15(11)31-16)10(9-4-5-9)6-12-18(20)25-8-13(19(12)27)21(28)29/h6-9,14,22,26H,1-5H2,(H,25,27)(H,28,29). The van der Waals surface area contributed by atoms with Crippen LogP contribution in [0.2, 0.25) is 0 Å². The van der Waals surface area contributed by atoms with Crippen LogP contribution in [0, 0.1) is 0 Å². The van der Waals surface area contributed by atoms with Gasteiger partial charge in [0.2, 0.25) is 5.43 Å². The Morgan fingerprint density at radius 2 is 2.00 bits per heavy atom. The molecular weight excluding hydrogens is 428 g/mol. The summed E-state index contributed by atoms with van der Waals surface area (Å²) in [5.74, 6) is -1.47. The van der Waals surface area contributed by atoms with Gasteiger partial charge in [0.1, 0.15) is 5.56 Å². The van der Waals surface area contributed by atoms with Gasteiger partial charge in [-0.3, -0.25) is 4.79 Å². The van der Waals surface area contributed by atoms with E-state index in [1.54, 1.807) is 6.07 Å². The lowest BCUT2D eigenvalue weighted by molar-refractivity contribution is -0.0485. The van der Waals surface area contributed by atoms with Gasteiger partial charge in [-0.25, -0.2) is 4.79 Å². The zero-order valence-corrected chi connectivity index (χ0v) is 17.1. The van der Waals surface area contributed by atoms with Gasteiger partial charge in [0.15, 0.2) is 5.75 Å². The van der Waals surface area contributed by atoms with E-state index in [0.29, 0.717) is 22.4 Å². The summed E-state index contributed by atoms with van der Waals surface area (Å²) in [5, 5.41) is 19.7. The molecule has 0 aliphatic heterocycles. The van der Waals surface area contributed by atoms with E-state index in [1.165, 1.54) is 11.3 Å². The molecule has 0 radical (unpaired) electrons. The Kier molecular flexibility index (Phi) is 4.82. The monoisotopic (exact) mass is 447 g/mol. The van der Waals surface area contributed by atoms with Crippen molar-refractivity contribution in [2.75, 3.05) is 0 Å². The van der Waals surface area contributed by atoms with Crippen LogP contribution < -0.4 is 10.2 Å². The predicted octanol–water partition coefficient (Wildman–Crippen LogP) is 4.80. The first kappa shape index (κ1) is 20.1. The number of fused-ring (bicyclic) bond motifs is 2. The molecule has 0 bridgehead atoms. The van der Waals surface area contributed by atoms with Crippen molar-refractivity contribution in [1.82, 2.24) is 4.98 Å². The van der Waals surface area contributed by atoms with Gasteiger partial charge in [0.25, 0.3) is 0 Å². The van der Waals surface area contributed by atoms with E-state index in [0.717, 1.165) is 42.3 Å². The Morgan fingerprint density at radius 3 is 2.65 bits per heavy atom. The van der Waals surface area contributed by atoms with Crippen LogP contribution in [0.25, 0.3) is 21.3 Å². The van der Waals surface area contributed by atoms with Crippen LogP contribution in [0.4, 0.5) is 8.78 Å². The number of aromatic amines is 1. The van der Waals surface area contributed by atoms with Gasteiger partial charge >= 0.3 is 12.6 Å². The van der Waals surface area contributed by atoms with E-state index in [9.17, 15) is 28.6 Å². The number of carboxylic acid groups (broad SMARTS) is 1. The number of thiophene rings is 1. The molecule has 9 heteroatoms. The number of aliphatic hydroxyl groups is 1. The van der Waals surface area contributed by atoms with Crippen LogP contribution in [-0.2, 0) is 6.42 Å². The Morgan fingerprint density at radius 1 is 1.23 bits per heavy atom. The van der Waals surface area contributed by atoms with Gasteiger partial charge in [-0.2, -0.15) is 8.78 Å². The van der Waals surface area contributed by atoms with Crippen LogP contribution in [-0.4, -0.2) is 27.8 Å². The topological polar surface area (TPSA) is 99.6 Å². The summed E-state index contributed by atoms with van der Waals surface area (Å²) in [6.45, 7) is -3.13. The van der Waals surface area contributed by atoms with Gasteiger partial charge in [-0.1, -0.05) is 0 Å². The van der Waals surface area contributed by atoms with Gasteiger partial charge in [0.05, 0.1) is 17.0 Å². The fraction of sp³-hybridized carbons (Fsp3) is 0.364. The second-order valence-electron chi connectivity index (χ2n) is 7.98. The van der Waals surface area contributed by atoms with E-state index in [2.05, 4.69) is 4.98 Å². The number of ether oxygens (including phenoxy) is 1. The quantitative estimate of drug-likeness (QED) is 0.522. The minimum absolute atomic E-state index is 0.0163. The molecule has 31 heavy (non-hydrogen) atoms. The van der Waals surface area contributed by atoms with Crippen molar-refractivity contribution in [2.24, 2.45) is 0 Å². The third-order valence-electron chi connectivity index (χ3n) is 5.95. The number of aromatic nitrogens is 1. The molecule has 2 heterocycles. The molecule has 2 aromatic heterocycles. The minimum Gasteiger partial charge on any atom is -0.477 e. The molecule has 0 amide bonds. The van der Waals surface area contributed by atoms with E-state index in [1.807, 2.05) is 6.07 Å². The molecule has 0 spiro atoms. The van der Waals surface area contributed by atoms with Gasteiger partial charge in [0, 0.05) is 21.5 Å². The number of benzene rings is 1. The highest BCUT2D eigenvalue weighted by Gasteiger charge is 2.33. The maximum atomic E-state index is 13.4. The zero-order chi connectivity index (χ0) is 21.9. The summed E-state index contributed by atoms with van der Waals surface area (Å²) in [4.78, 5) is 28.6. The first-order valence-corrected chi connectivity index (χ1v) is 10.9. The summed E-state index contributed by atoms with van der Waals surface area (Å²) in [5.41, 5.74) is 0.840. The SMILES string of the molecule is O=C(O)c1c[nH]c2c(OC(F)F)c(-c3cc4c(s3)CCCC4O)c(C3CC3)cc2c1=O. The van der Waals surface area contributed by atoms with E-state index in [-0.39, 0.29) is 22.6 Å². The molecule has 2 aliphatic carbocycles. The van der Waals surface area contributed by atoms with Gasteiger partial charge in [-0.15, -0.1) is 11.3 Å². The number of hydrogen-bond acceptors (Lipinski definition) is 5. The first-order chi connectivity index (χ1) is 14.8. The lowest BCUT2D eigenvalue weighted by Crippen LogP contribution is -2.17. The number of halogens is 2. The van der Waals surface area contributed by atoms with Crippen LogP contribution >= 0.6 is 11.3 Å². The van der Waals surface area contributed by atoms with E-state index in [4.69, 9.17) is 4.74 Å². The van der Waals surface area contributed by atoms with E-state index >= 15 is 0 Å². The van der Waals surface area contributed by atoms with Crippen LogP contribution in [0.5, 0.6) is 5.75 Å². The minimum atomic E-state index is -3.13. The molecule has 2 aliphatic rings. The Hall–Kier alpha value is -2.78. The summed E-state index contributed by atoms with van der Waals surface area (Å²) in [7, 11) is 0. The van der Waals surface area contributed by atoms with Crippen LogP contribution in [0.3, 0.4) is 0 Å². The Balaban J connectivity index is 1.83. The van der Waals surface area contributed by atoms with Crippen molar-refractivity contribution in [2.45, 2.75) is 50.7 Å². The summed E-state index contributed by atoms with van der Waals surface area (Å²) < 4.78 is 31.8. The molecule has 0 saturated heterocycles. The van der Waals surface area contributed by atoms with Crippen LogP contribution in [0.15, 0.2) is 23.1 Å². The van der Waals surface area contributed by atoms with Crippen molar-refractivity contribution < 1.29 is 28.5 Å². The molecule has 6 nitrogen and oxygen atoms in total. The number of pyridine rings is 1. The number of carboxylic acids is 1. The normalized spacial score (nSPS) is 18.4. The summed E-state index contributed by atoms with van der Waals surface area (Å²) in [6, 6.07) is 3.44. The Labute approximate surface area is 179 Å². The Bertz CT molecular complexity index is 1260. The van der Waals surface area contributed by atoms with Crippen molar-refractivity contribution >= 4 is 28.2 Å². The smallest absolute Gasteiger partial charge is 0.387 e. The number of alkyl halides is 2. The third-order valence-corrected chi connectivity index (χ3v) is 7.17. The van der Waals surface area contributed by atoms with Crippen LogP contribution in [0.1, 0.15) is 64.1 Å². The molecule has 3 N–H and O–H groups in total. The molecular formula is C22H19F2NO5S. The highest BCUT2D eigenvalue weighted by atomic mass is 32.1. The number of rotatable bonds is 5. The number of carbonyl (C=O) groups is 1. The summed E-state index contributed by atoms with van der Waals surface area (Å²) >= 11 is 1.44. The fourth-order valence-electron chi connectivity index (χ4n) is 4.35. The van der Waals surface area contributed by atoms with E-state index < -0.39 is 29.7 Å². The van der Waals surface area contributed by atoms with Gasteiger partial charge in [-0.05, 0) is 61.3 Å². The number of aromatic carboxylic acids is 1. The molecule has 1 fully saturated rings. The van der Waals surface area contributed by atoms with Crippen molar-refractivity contribution in [3.05, 3.63) is 50.1 Å². The van der Waals surface area contributed by atoms with Crippen molar-refractivity contribution in [3.8, 4) is 16.2 Å². The molecule has 5 rings (SSSR count). The second kappa shape index (κ2) is 7.42. The van der Waals surface area contributed by atoms with Crippen molar-refractivity contribution in [1.29, 1.82) is 0 Å². The molecule has 1 atom stereocenters. The second-order valence-corrected chi connectivity index (χ2v) is 9.12. The molecule has 1 unspecified atom stereocenters. The number of aliphatic hydroxyl groups excluding tert-OH is 1. The lowest BCUT2D eigenvalue weighted by atomic mass is 9.93. The zero-order valence-electron chi connectivity index (χ0n) is 16.3. The summed E-state index contributed by atoms with van der Waals surface area (Å²) in [6.07, 6.45) is 4.43. The average Bonchev–Trinajstić information content (AvgIpc) is 3.46. The fourth-order valence-corrected chi connectivity index (χ4v) is 5.67. The molecule has 1 aromatic carbocycles. The largest absolute Gasteiger partial charge is 0.477 e. The number of aryl methyl sites for hydroxylation is 1. The molecule has 1 saturated carbocycles. The predicted molar refractivity (Wildman–Crippen MR) is 111 cm³/mol. The van der Waals surface area contributed by atoms with Gasteiger partial charge < -0.3 is 19.9 Å². The third kappa shape index (κ3) is 3.41. The maximum absolute atomic E-state index is 13.4. The average molecular weight is 447 g/mol. The highest BCUT2D eigenvalue weighted by molar-refractivity contribution is 7.15. The molecule has 162 valence electrons. The maximum Gasteiger partial charge on any atom is 0.387 e. The molecule has 3 aromatic rings. The highest BCUT2D eigenvalue weighted by Crippen LogP contribution is 2.52.